The molecule has 0 aliphatic carbocycles. The molecule has 0 atom stereocenters. The largest absolute Gasteiger partial charge is 0.323 e. The third kappa shape index (κ3) is 4.21. The monoisotopic (exact) mass is 374 g/mol. The summed E-state index contributed by atoms with van der Waals surface area (Å²) in [5, 5.41) is 2.64. The van der Waals surface area contributed by atoms with E-state index in [4.69, 9.17) is 11.6 Å². The molecular formula is C15H13ClF2N2O3S. The molecule has 0 fully saturated rings. The van der Waals surface area contributed by atoms with E-state index in [1.807, 2.05) is 0 Å². The fourth-order valence-electron chi connectivity index (χ4n) is 1.97. The predicted molar refractivity (Wildman–Crippen MR) is 88.6 cm³/mol. The van der Waals surface area contributed by atoms with Gasteiger partial charge in [-0.1, -0.05) is 29.8 Å². The van der Waals surface area contributed by atoms with Gasteiger partial charge in [0, 0.05) is 0 Å². The van der Waals surface area contributed by atoms with Crippen LogP contribution in [-0.2, 0) is 14.8 Å². The molecule has 1 N–H and O–H groups in total. The highest BCUT2D eigenvalue weighted by molar-refractivity contribution is 7.92. The number of anilines is 2. The molecule has 0 heterocycles. The van der Waals surface area contributed by atoms with Crippen LogP contribution in [0, 0.1) is 11.6 Å². The molecule has 5 nitrogen and oxygen atoms in total. The van der Waals surface area contributed by atoms with Crippen molar-refractivity contribution in [1.29, 1.82) is 0 Å². The van der Waals surface area contributed by atoms with E-state index < -0.39 is 39.8 Å². The number of sulfonamides is 1. The lowest BCUT2D eigenvalue weighted by molar-refractivity contribution is -0.114. The topological polar surface area (TPSA) is 66.5 Å². The molecule has 2 rings (SSSR count). The SMILES string of the molecule is CS(=O)(=O)N(CC(=O)Nc1ccccc1Cl)c1c(F)cccc1F. The van der Waals surface area contributed by atoms with Crippen LogP contribution in [0.5, 0.6) is 0 Å². The Bertz CT molecular complexity index is 855. The van der Waals surface area contributed by atoms with Gasteiger partial charge in [-0.25, -0.2) is 17.2 Å². The molecule has 128 valence electrons. The summed E-state index contributed by atoms with van der Waals surface area (Å²) in [6.45, 7) is -0.804. The fraction of sp³-hybridized carbons (Fsp3) is 0.133. The van der Waals surface area contributed by atoms with Crippen LogP contribution < -0.4 is 9.62 Å². The second-order valence-corrected chi connectivity index (χ2v) is 7.18. The lowest BCUT2D eigenvalue weighted by Gasteiger charge is -2.22. The van der Waals surface area contributed by atoms with Gasteiger partial charge < -0.3 is 5.32 Å². The van der Waals surface area contributed by atoms with Crippen molar-refractivity contribution < 1.29 is 22.0 Å². The number of hydrogen-bond acceptors (Lipinski definition) is 3. The first-order valence-corrected chi connectivity index (χ1v) is 8.89. The van der Waals surface area contributed by atoms with Gasteiger partial charge >= 0.3 is 0 Å². The van der Waals surface area contributed by atoms with Crippen molar-refractivity contribution in [1.82, 2.24) is 0 Å². The molecule has 0 saturated heterocycles. The minimum absolute atomic E-state index is 0.244. The first-order chi connectivity index (χ1) is 11.2. The third-order valence-electron chi connectivity index (χ3n) is 3.02. The first-order valence-electron chi connectivity index (χ1n) is 6.66. The number of nitrogens with zero attached hydrogens (tertiary/aromatic N) is 1. The summed E-state index contributed by atoms with van der Waals surface area (Å²) < 4.78 is 51.9. The van der Waals surface area contributed by atoms with Crippen molar-refractivity contribution in [2.75, 3.05) is 22.4 Å². The molecule has 9 heteroatoms. The Hall–Kier alpha value is -2.19. The molecule has 0 aliphatic heterocycles. The van der Waals surface area contributed by atoms with Gasteiger partial charge in [0.2, 0.25) is 15.9 Å². The molecule has 0 unspecified atom stereocenters. The minimum Gasteiger partial charge on any atom is -0.323 e. The van der Waals surface area contributed by atoms with Crippen molar-refractivity contribution in [3.05, 3.63) is 59.1 Å². The quantitative estimate of drug-likeness (QED) is 0.874. The molecular weight excluding hydrogens is 362 g/mol. The van der Waals surface area contributed by atoms with E-state index in [0.717, 1.165) is 24.5 Å². The maximum atomic E-state index is 13.9. The second kappa shape index (κ2) is 7.14. The number of benzene rings is 2. The maximum Gasteiger partial charge on any atom is 0.245 e. The summed E-state index contributed by atoms with van der Waals surface area (Å²) in [6, 6.07) is 9.21. The molecule has 1 amide bonds. The zero-order chi connectivity index (χ0) is 17.9. The maximum absolute atomic E-state index is 13.9. The molecule has 0 saturated carbocycles. The number of carbonyl (C=O) groups excluding carboxylic acids is 1. The van der Waals surface area contributed by atoms with Crippen LogP contribution in [0.25, 0.3) is 0 Å². The van der Waals surface area contributed by atoms with Crippen molar-refractivity contribution in [2.24, 2.45) is 0 Å². The third-order valence-corrected chi connectivity index (χ3v) is 4.46. The minimum atomic E-state index is -4.10. The first kappa shape index (κ1) is 18.2. The number of amides is 1. The Morgan fingerprint density at radius 1 is 1.12 bits per heavy atom. The number of nitrogens with one attached hydrogen (secondary N) is 1. The summed E-state index contributed by atoms with van der Waals surface area (Å²) in [5.74, 6) is -2.98. The Balaban J connectivity index is 2.31. The standard InChI is InChI=1S/C15H13ClF2N2O3S/c1-24(22,23)20(15-11(17)6-4-7-12(15)18)9-14(21)19-13-8-3-2-5-10(13)16/h2-8H,9H2,1H3,(H,19,21). The van der Waals surface area contributed by atoms with E-state index in [2.05, 4.69) is 5.32 Å². The Labute approximate surface area is 142 Å². The Morgan fingerprint density at radius 2 is 1.71 bits per heavy atom. The lowest BCUT2D eigenvalue weighted by Crippen LogP contribution is -2.38. The van der Waals surface area contributed by atoms with Gasteiger partial charge in [-0.2, -0.15) is 0 Å². The summed E-state index contributed by atoms with van der Waals surface area (Å²) in [5.41, 5.74) is -0.555. The van der Waals surface area contributed by atoms with Gasteiger partial charge in [0.25, 0.3) is 0 Å². The predicted octanol–water partition coefficient (Wildman–Crippen LogP) is 3.02. The fourth-order valence-corrected chi connectivity index (χ4v) is 3.01. The molecule has 0 aromatic heterocycles. The van der Waals surface area contributed by atoms with E-state index in [1.165, 1.54) is 12.1 Å². The van der Waals surface area contributed by atoms with Crippen molar-refractivity contribution in [2.45, 2.75) is 0 Å². The normalized spacial score (nSPS) is 11.2. The van der Waals surface area contributed by atoms with Gasteiger partial charge in [-0.15, -0.1) is 0 Å². The number of carbonyl (C=O) groups is 1. The van der Waals surface area contributed by atoms with Crippen LogP contribution in [0.4, 0.5) is 20.2 Å². The number of rotatable bonds is 5. The van der Waals surface area contributed by atoms with Crippen LogP contribution in [0.1, 0.15) is 0 Å². The van der Waals surface area contributed by atoms with Gasteiger partial charge in [0.05, 0.1) is 17.0 Å². The summed E-state index contributed by atoms with van der Waals surface area (Å²) in [7, 11) is -4.10. The van der Waals surface area contributed by atoms with Crippen molar-refractivity contribution >= 4 is 38.9 Å². The summed E-state index contributed by atoms with van der Waals surface area (Å²) in [6.07, 6.45) is 0.752. The molecule has 0 radical (unpaired) electrons. The average Bonchev–Trinajstić information content (AvgIpc) is 2.47. The van der Waals surface area contributed by atoms with Crippen LogP contribution in [-0.4, -0.2) is 27.1 Å². The highest BCUT2D eigenvalue weighted by Crippen LogP contribution is 2.26. The van der Waals surface area contributed by atoms with E-state index in [0.29, 0.717) is 4.31 Å². The summed E-state index contributed by atoms with van der Waals surface area (Å²) >= 11 is 5.90. The van der Waals surface area contributed by atoms with Crippen molar-refractivity contribution in [3.8, 4) is 0 Å². The molecule has 0 aliphatic rings. The summed E-state index contributed by atoms with van der Waals surface area (Å²) in [4.78, 5) is 12.1. The molecule has 2 aromatic carbocycles. The second-order valence-electron chi connectivity index (χ2n) is 4.87. The van der Waals surface area contributed by atoms with E-state index in [1.54, 1.807) is 12.1 Å². The molecule has 24 heavy (non-hydrogen) atoms. The van der Waals surface area contributed by atoms with Crippen molar-refractivity contribution in [3.63, 3.8) is 0 Å². The van der Waals surface area contributed by atoms with Gasteiger partial charge in [-0.05, 0) is 24.3 Å². The number of hydrogen-bond donors (Lipinski definition) is 1. The lowest BCUT2D eigenvalue weighted by atomic mass is 10.3. The van der Waals surface area contributed by atoms with Crippen LogP contribution in [0.15, 0.2) is 42.5 Å². The van der Waals surface area contributed by atoms with Crippen LogP contribution in [0.3, 0.4) is 0 Å². The number of para-hydroxylation sites is 2. The van der Waals surface area contributed by atoms with Crippen LogP contribution >= 0.6 is 11.6 Å². The highest BCUT2D eigenvalue weighted by atomic mass is 35.5. The Morgan fingerprint density at radius 3 is 2.25 bits per heavy atom. The number of halogens is 3. The van der Waals surface area contributed by atoms with Gasteiger partial charge in [0.15, 0.2) is 11.6 Å². The molecule has 2 aromatic rings. The van der Waals surface area contributed by atoms with Gasteiger partial charge in [-0.3, -0.25) is 9.10 Å². The van der Waals surface area contributed by atoms with E-state index in [9.17, 15) is 22.0 Å². The average molecular weight is 375 g/mol. The van der Waals surface area contributed by atoms with E-state index >= 15 is 0 Å². The van der Waals surface area contributed by atoms with Crippen LogP contribution in [0.2, 0.25) is 5.02 Å². The van der Waals surface area contributed by atoms with Gasteiger partial charge in [0.1, 0.15) is 12.2 Å². The van der Waals surface area contributed by atoms with E-state index in [-0.39, 0.29) is 10.7 Å². The molecule has 0 bridgehead atoms. The smallest absolute Gasteiger partial charge is 0.245 e. The zero-order valence-electron chi connectivity index (χ0n) is 12.5. The zero-order valence-corrected chi connectivity index (χ0v) is 14.0. The Kier molecular flexibility index (Phi) is 5.40. The molecule has 0 spiro atoms. The highest BCUT2D eigenvalue weighted by Gasteiger charge is 2.26.